The number of hydrogen-bond donors (Lipinski definition) is 0. The van der Waals surface area contributed by atoms with Gasteiger partial charge in [0.1, 0.15) is 11.8 Å². The highest BCUT2D eigenvalue weighted by Crippen LogP contribution is 1.91. The van der Waals surface area contributed by atoms with E-state index in [1.165, 1.54) is 12.4 Å². The Bertz CT molecular complexity index is 287. The molecule has 0 atom stereocenters. The Balaban J connectivity index is 3.17. The molecule has 0 aliphatic rings. The molecule has 0 fully saturated rings. The Labute approximate surface area is 58.4 Å². The zero-order valence-corrected chi connectivity index (χ0v) is 5.07. The molecule has 0 saturated carbocycles. The van der Waals surface area contributed by atoms with Gasteiger partial charge >= 0.3 is 0 Å². The summed E-state index contributed by atoms with van der Waals surface area (Å²) in [5, 5.41) is 8.34. The molecule has 10 heavy (non-hydrogen) atoms. The van der Waals surface area contributed by atoms with Crippen molar-refractivity contribution in [1.82, 2.24) is 9.97 Å². The number of nitriles is 1. The molecule has 3 nitrogen and oxygen atoms in total. The van der Waals surface area contributed by atoms with E-state index in [9.17, 15) is 0 Å². The van der Waals surface area contributed by atoms with Gasteiger partial charge in [-0.15, -0.1) is 6.42 Å². The summed E-state index contributed by atoms with van der Waals surface area (Å²) in [5.74, 6) is 2.28. The molecule has 1 aromatic rings. The molecule has 1 rings (SSSR count). The zero-order chi connectivity index (χ0) is 7.40. The van der Waals surface area contributed by atoms with E-state index < -0.39 is 0 Å². The summed E-state index contributed by atoms with van der Waals surface area (Å²) in [6.45, 7) is 0. The van der Waals surface area contributed by atoms with Crippen molar-refractivity contribution < 1.29 is 0 Å². The molecule has 0 N–H and O–H groups in total. The van der Waals surface area contributed by atoms with Crippen LogP contribution in [0.5, 0.6) is 0 Å². The molecule has 0 radical (unpaired) electrons. The van der Waals surface area contributed by atoms with Crippen molar-refractivity contribution in [2.24, 2.45) is 0 Å². The van der Waals surface area contributed by atoms with Gasteiger partial charge < -0.3 is 0 Å². The van der Waals surface area contributed by atoms with E-state index in [1.807, 2.05) is 6.07 Å². The molecular formula is C7H3N3. The van der Waals surface area contributed by atoms with Crippen LogP contribution in [0.2, 0.25) is 0 Å². The van der Waals surface area contributed by atoms with Crippen LogP contribution >= 0.6 is 0 Å². The van der Waals surface area contributed by atoms with Gasteiger partial charge in [0.25, 0.3) is 0 Å². The van der Waals surface area contributed by atoms with E-state index in [2.05, 4.69) is 15.9 Å². The summed E-state index contributed by atoms with van der Waals surface area (Å²) in [7, 11) is 0. The molecule has 0 saturated heterocycles. The van der Waals surface area contributed by atoms with E-state index in [0.717, 1.165) is 0 Å². The topological polar surface area (TPSA) is 49.6 Å². The number of aromatic nitrogens is 2. The standard InChI is InChI=1S/C7H3N3/c1-2-6-4-9-5-7(3-8)10-6/h1,4-5H. The molecule has 0 aliphatic heterocycles. The maximum atomic E-state index is 8.34. The van der Waals surface area contributed by atoms with Crippen molar-refractivity contribution in [3.63, 3.8) is 0 Å². The first-order valence-electron chi connectivity index (χ1n) is 2.55. The van der Waals surface area contributed by atoms with Gasteiger partial charge in [0.2, 0.25) is 0 Å². The summed E-state index contributed by atoms with van der Waals surface area (Å²) in [5.41, 5.74) is 0.634. The Kier molecular flexibility index (Phi) is 1.63. The second-order valence-corrected chi connectivity index (χ2v) is 1.55. The fraction of sp³-hybridized carbons (Fsp3) is 0. The van der Waals surface area contributed by atoms with Crippen molar-refractivity contribution >= 4 is 0 Å². The van der Waals surface area contributed by atoms with Gasteiger partial charge in [-0.1, -0.05) is 0 Å². The van der Waals surface area contributed by atoms with Gasteiger partial charge in [0.05, 0.1) is 12.4 Å². The largest absolute Gasteiger partial charge is 0.259 e. The van der Waals surface area contributed by atoms with Crippen LogP contribution in [0.3, 0.4) is 0 Å². The van der Waals surface area contributed by atoms with Crippen LogP contribution in [-0.4, -0.2) is 9.97 Å². The van der Waals surface area contributed by atoms with E-state index in [-0.39, 0.29) is 5.69 Å². The van der Waals surface area contributed by atoms with Crippen LogP contribution in [0.15, 0.2) is 12.4 Å². The van der Waals surface area contributed by atoms with Crippen LogP contribution in [-0.2, 0) is 0 Å². The lowest BCUT2D eigenvalue weighted by Gasteiger charge is -1.86. The molecule has 0 amide bonds. The summed E-state index contributed by atoms with van der Waals surface area (Å²) in [6, 6.07) is 1.83. The first kappa shape index (κ1) is 6.25. The van der Waals surface area contributed by atoms with Crippen LogP contribution in [0.25, 0.3) is 0 Å². The van der Waals surface area contributed by atoms with Crippen molar-refractivity contribution in [3.8, 4) is 18.4 Å². The van der Waals surface area contributed by atoms with Gasteiger partial charge in [-0.25, -0.2) is 4.98 Å². The average Bonchev–Trinajstić information content (AvgIpc) is 2.05. The molecular weight excluding hydrogens is 126 g/mol. The van der Waals surface area contributed by atoms with Gasteiger partial charge in [-0.2, -0.15) is 5.26 Å². The first-order valence-corrected chi connectivity index (χ1v) is 2.55. The quantitative estimate of drug-likeness (QED) is 0.474. The third-order valence-corrected chi connectivity index (χ3v) is 0.897. The molecule has 0 aliphatic carbocycles. The molecule has 1 aromatic heterocycles. The molecule has 0 aromatic carbocycles. The van der Waals surface area contributed by atoms with E-state index in [0.29, 0.717) is 5.69 Å². The third-order valence-electron chi connectivity index (χ3n) is 0.897. The minimum atomic E-state index is 0.246. The van der Waals surface area contributed by atoms with Crippen molar-refractivity contribution in [3.05, 3.63) is 23.8 Å². The summed E-state index contributed by atoms with van der Waals surface area (Å²) >= 11 is 0. The van der Waals surface area contributed by atoms with E-state index >= 15 is 0 Å². The lowest BCUT2D eigenvalue weighted by atomic mass is 10.4. The fourth-order valence-corrected chi connectivity index (χ4v) is 0.489. The van der Waals surface area contributed by atoms with Crippen molar-refractivity contribution in [2.45, 2.75) is 0 Å². The van der Waals surface area contributed by atoms with Gasteiger partial charge in [0.15, 0.2) is 5.69 Å². The second kappa shape index (κ2) is 2.61. The lowest BCUT2D eigenvalue weighted by Crippen LogP contribution is -1.88. The molecule has 0 spiro atoms. The zero-order valence-electron chi connectivity index (χ0n) is 5.07. The molecule has 1 heterocycles. The Morgan fingerprint density at radius 3 is 2.70 bits per heavy atom. The van der Waals surface area contributed by atoms with Gasteiger partial charge in [-0.05, 0) is 5.92 Å². The Morgan fingerprint density at radius 2 is 2.10 bits per heavy atom. The monoisotopic (exact) mass is 129 g/mol. The number of terminal acetylenes is 1. The van der Waals surface area contributed by atoms with Gasteiger partial charge in [0, 0.05) is 0 Å². The minimum Gasteiger partial charge on any atom is -0.259 e. The Hall–Kier alpha value is -1.87. The predicted octanol–water partition coefficient (Wildman–Crippen LogP) is 0.330. The maximum Gasteiger partial charge on any atom is 0.160 e. The van der Waals surface area contributed by atoms with Crippen molar-refractivity contribution in [2.75, 3.05) is 0 Å². The van der Waals surface area contributed by atoms with Crippen LogP contribution < -0.4 is 0 Å². The van der Waals surface area contributed by atoms with Crippen molar-refractivity contribution in [1.29, 1.82) is 5.26 Å². The smallest absolute Gasteiger partial charge is 0.160 e. The molecule has 0 unspecified atom stereocenters. The third kappa shape index (κ3) is 1.10. The predicted molar refractivity (Wildman–Crippen MR) is 34.7 cm³/mol. The van der Waals surface area contributed by atoms with E-state index in [4.69, 9.17) is 11.7 Å². The normalized spacial score (nSPS) is 7.80. The highest BCUT2D eigenvalue weighted by molar-refractivity contribution is 5.25. The van der Waals surface area contributed by atoms with Crippen LogP contribution in [0, 0.1) is 23.7 Å². The average molecular weight is 129 g/mol. The number of hydrogen-bond acceptors (Lipinski definition) is 3. The summed E-state index contributed by atoms with van der Waals surface area (Å²) in [4.78, 5) is 7.45. The van der Waals surface area contributed by atoms with Gasteiger partial charge in [-0.3, -0.25) is 4.98 Å². The van der Waals surface area contributed by atoms with Crippen LogP contribution in [0.4, 0.5) is 0 Å². The summed E-state index contributed by atoms with van der Waals surface area (Å²) in [6.07, 6.45) is 7.80. The number of rotatable bonds is 0. The SMILES string of the molecule is C#Cc1cncc(C#N)n1. The van der Waals surface area contributed by atoms with Crippen LogP contribution in [0.1, 0.15) is 11.4 Å². The molecule has 0 bridgehead atoms. The maximum absolute atomic E-state index is 8.34. The highest BCUT2D eigenvalue weighted by Gasteiger charge is 1.91. The van der Waals surface area contributed by atoms with E-state index in [1.54, 1.807) is 0 Å². The molecule has 3 heteroatoms. The lowest BCUT2D eigenvalue weighted by molar-refractivity contribution is 1.14. The first-order chi connectivity index (χ1) is 4.86. The Morgan fingerprint density at radius 1 is 1.40 bits per heavy atom. The highest BCUT2D eigenvalue weighted by atomic mass is 14.8. The molecule has 46 valence electrons. The fourth-order valence-electron chi connectivity index (χ4n) is 0.489. The second-order valence-electron chi connectivity index (χ2n) is 1.55. The summed E-state index contributed by atoms with van der Waals surface area (Å²) < 4.78 is 0. The minimum absolute atomic E-state index is 0.246. The number of nitrogens with zero attached hydrogens (tertiary/aromatic N) is 3.